The summed E-state index contributed by atoms with van der Waals surface area (Å²) in [4.78, 5) is -0.239. The summed E-state index contributed by atoms with van der Waals surface area (Å²) in [6.07, 6.45) is 5.06. The molecule has 2 aromatic rings. The first-order valence-electron chi connectivity index (χ1n) is 7.82. The minimum Gasteiger partial charge on any atom is -0.744 e. The molecular formula is C18H21NaO4S. The molecule has 0 N–H and O–H groups in total. The molecule has 0 aliphatic heterocycles. The molecule has 2 aromatic carbocycles. The van der Waals surface area contributed by atoms with Gasteiger partial charge in [0.2, 0.25) is 0 Å². The van der Waals surface area contributed by atoms with Crippen molar-refractivity contribution in [3.05, 3.63) is 54.1 Å². The fourth-order valence-electron chi connectivity index (χ4n) is 2.36. The minimum absolute atomic E-state index is 0. The average Bonchev–Trinajstić information content (AvgIpc) is 2.51. The molecule has 0 bridgehead atoms. The minimum atomic E-state index is -4.51. The van der Waals surface area contributed by atoms with Crippen molar-refractivity contribution in [2.75, 3.05) is 0 Å². The molecule has 0 radical (unpaired) electrons. The molecule has 0 aromatic heterocycles. The molecule has 0 unspecified atom stereocenters. The standard InChI is InChI=1S/C18H22O4S.Na/c1-2-3-4-6-9-15-12-17(14-18(13-15)23(19,20)21)22-16-10-7-5-8-11-16;/h5,7-8,10-14H,2-4,6,9H2,1H3,(H,19,20,21);/q;+1/p-1. The second kappa shape index (κ2) is 10.2. The number of unbranched alkanes of at least 4 members (excludes halogenated alkanes) is 3. The number of hydrogen-bond acceptors (Lipinski definition) is 4. The average molecular weight is 356 g/mol. The molecule has 24 heavy (non-hydrogen) atoms. The van der Waals surface area contributed by atoms with Crippen LogP contribution < -0.4 is 34.3 Å². The van der Waals surface area contributed by atoms with Crippen LogP contribution in [0.5, 0.6) is 11.5 Å². The summed E-state index contributed by atoms with van der Waals surface area (Å²) in [5, 5.41) is 0. The van der Waals surface area contributed by atoms with Crippen LogP contribution in [-0.4, -0.2) is 13.0 Å². The zero-order valence-electron chi connectivity index (χ0n) is 14.2. The van der Waals surface area contributed by atoms with Crippen LogP contribution >= 0.6 is 0 Å². The molecule has 4 nitrogen and oxygen atoms in total. The van der Waals surface area contributed by atoms with Crippen molar-refractivity contribution >= 4 is 10.1 Å². The Morgan fingerprint density at radius 3 is 2.29 bits per heavy atom. The molecule has 0 fully saturated rings. The van der Waals surface area contributed by atoms with Crippen LogP contribution in [0.4, 0.5) is 0 Å². The first-order chi connectivity index (χ1) is 11.0. The molecule has 0 atom stereocenters. The van der Waals surface area contributed by atoms with Crippen LogP contribution in [0.1, 0.15) is 38.2 Å². The van der Waals surface area contributed by atoms with E-state index in [9.17, 15) is 13.0 Å². The summed E-state index contributed by atoms with van der Waals surface area (Å²) in [6.45, 7) is 2.14. The number of para-hydroxylation sites is 1. The first kappa shape index (κ1) is 21.2. The smallest absolute Gasteiger partial charge is 0.744 e. The topological polar surface area (TPSA) is 66.4 Å². The third kappa shape index (κ3) is 6.95. The van der Waals surface area contributed by atoms with Gasteiger partial charge in [-0.2, -0.15) is 0 Å². The molecule has 0 spiro atoms. The Hall–Kier alpha value is -0.850. The monoisotopic (exact) mass is 356 g/mol. The maximum absolute atomic E-state index is 11.4. The number of benzene rings is 2. The molecule has 0 aliphatic carbocycles. The zero-order valence-corrected chi connectivity index (χ0v) is 17.0. The van der Waals surface area contributed by atoms with Gasteiger partial charge in [0.05, 0.1) is 4.90 Å². The Balaban J connectivity index is 0.00000288. The summed E-state index contributed by atoms with van der Waals surface area (Å²) in [5.41, 5.74) is 0.809. The molecule has 124 valence electrons. The van der Waals surface area contributed by atoms with Crippen LogP contribution in [0.15, 0.2) is 53.4 Å². The molecule has 0 amide bonds. The van der Waals surface area contributed by atoms with Crippen molar-refractivity contribution in [2.24, 2.45) is 0 Å². The summed E-state index contributed by atoms with van der Waals surface area (Å²) in [7, 11) is -4.51. The maximum atomic E-state index is 11.4. The van der Waals surface area contributed by atoms with E-state index in [1.165, 1.54) is 12.1 Å². The van der Waals surface area contributed by atoms with Gasteiger partial charge in [0.25, 0.3) is 0 Å². The van der Waals surface area contributed by atoms with Crippen molar-refractivity contribution < 1.29 is 47.3 Å². The maximum Gasteiger partial charge on any atom is 1.00 e. The number of rotatable bonds is 8. The second-order valence-corrected chi connectivity index (χ2v) is 6.87. The van der Waals surface area contributed by atoms with E-state index in [0.29, 0.717) is 11.5 Å². The van der Waals surface area contributed by atoms with E-state index in [4.69, 9.17) is 4.74 Å². The Morgan fingerprint density at radius 1 is 0.958 bits per heavy atom. The van der Waals surface area contributed by atoms with E-state index in [-0.39, 0.29) is 34.5 Å². The van der Waals surface area contributed by atoms with Gasteiger partial charge in [-0.3, -0.25) is 0 Å². The molecule has 0 saturated heterocycles. The van der Waals surface area contributed by atoms with E-state index in [0.717, 1.165) is 37.7 Å². The van der Waals surface area contributed by atoms with Gasteiger partial charge in [-0.25, -0.2) is 8.42 Å². The van der Waals surface area contributed by atoms with E-state index in [2.05, 4.69) is 6.92 Å². The van der Waals surface area contributed by atoms with Gasteiger partial charge in [-0.05, 0) is 48.7 Å². The zero-order chi connectivity index (χ0) is 16.7. The van der Waals surface area contributed by atoms with E-state index >= 15 is 0 Å². The summed E-state index contributed by atoms with van der Waals surface area (Å²) in [5.74, 6) is 0.975. The van der Waals surface area contributed by atoms with Crippen molar-refractivity contribution in [3.8, 4) is 11.5 Å². The van der Waals surface area contributed by atoms with Gasteiger partial charge in [0.1, 0.15) is 21.6 Å². The predicted octanol–water partition coefficient (Wildman–Crippen LogP) is 1.51. The van der Waals surface area contributed by atoms with Crippen molar-refractivity contribution in [3.63, 3.8) is 0 Å². The van der Waals surface area contributed by atoms with Crippen LogP contribution in [-0.2, 0) is 16.5 Å². The number of ether oxygens (including phenoxy) is 1. The Bertz CT molecular complexity index is 730. The summed E-state index contributed by atoms with van der Waals surface area (Å²) in [6, 6.07) is 13.6. The van der Waals surface area contributed by atoms with Crippen LogP contribution in [0.25, 0.3) is 0 Å². The Labute approximate surface area is 166 Å². The molecule has 0 aliphatic rings. The van der Waals surface area contributed by atoms with Crippen molar-refractivity contribution in [2.45, 2.75) is 43.9 Å². The Morgan fingerprint density at radius 2 is 1.67 bits per heavy atom. The van der Waals surface area contributed by atoms with E-state index in [1.54, 1.807) is 18.2 Å². The van der Waals surface area contributed by atoms with Gasteiger partial charge in [0.15, 0.2) is 0 Å². The van der Waals surface area contributed by atoms with Crippen LogP contribution in [0, 0.1) is 0 Å². The predicted molar refractivity (Wildman–Crippen MR) is 88.8 cm³/mol. The molecular weight excluding hydrogens is 335 g/mol. The van der Waals surface area contributed by atoms with Gasteiger partial charge in [-0.15, -0.1) is 0 Å². The quantitative estimate of drug-likeness (QED) is 0.409. The summed E-state index contributed by atoms with van der Waals surface area (Å²) >= 11 is 0. The van der Waals surface area contributed by atoms with Crippen molar-refractivity contribution in [1.82, 2.24) is 0 Å². The fourth-order valence-corrected chi connectivity index (χ4v) is 2.91. The van der Waals surface area contributed by atoms with Crippen molar-refractivity contribution in [1.29, 1.82) is 0 Å². The van der Waals surface area contributed by atoms with E-state index in [1.807, 2.05) is 18.2 Å². The first-order valence-corrected chi connectivity index (χ1v) is 9.22. The molecule has 2 rings (SSSR count). The molecule has 6 heteroatoms. The SMILES string of the molecule is CCCCCCc1cc(Oc2ccccc2)cc(S(=O)(=O)[O-])c1.[Na+]. The van der Waals surface area contributed by atoms with E-state index < -0.39 is 10.1 Å². The molecule has 0 saturated carbocycles. The fraction of sp³-hybridized carbons (Fsp3) is 0.333. The van der Waals surface area contributed by atoms with Crippen LogP contribution in [0.3, 0.4) is 0 Å². The Kier molecular flexibility index (Phi) is 9.02. The van der Waals surface area contributed by atoms with Gasteiger partial charge < -0.3 is 9.29 Å². The largest absolute Gasteiger partial charge is 1.00 e. The number of aryl methyl sites for hydroxylation is 1. The third-order valence-corrected chi connectivity index (χ3v) is 4.34. The normalized spacial score (nSPS) is 10.9. The number of hydrogen-bond donors (Lipinski definition) is 0. The summed E-state index contributed by atoms with van der Waals surface area (Å²) < 4.78 is 39.7. The van der Waals surface area contributed by atoms with Gasteiger partial charge in [0, 0.05) is 0 Å². The van der Waals surface area contributed by atoms with Gasteiger partial charge >= 0.3 is 29.6 Å². The van der Waals surface area contributed by atoms with Crippen LogP contribution in [0.2, 0.25) is 0 Å². The second-order valence-electron chi connectivity index (χ2n) is 5.49. The van der Waals surface area contributed by atoms with Gasteiger partial charge in [-0.1, -0.05) is 44.4 Å². The molecule has 0 heterocycles. The third-order valence-electron chi connectivity index (χ3n) is 3.53.